The number of aliphatic carboxylic acids is 1. The van der Waals surface area contributed by atoms with E-state index < -0.39 is 5.97 Å². The minimum Gasteiger partial charge on any atom is -0.508 e. The average molecular weight is 252 g/mol. The molecular formula is C11H12N2O3S. The lowest BCUT2D eigenvalue weighted by Gasteiger charge is -1.94. The number of phenolic OH excluding ortho intramolecular Hbond substituents is 1. The third-order valence-corrected chi connectivity index (χ3v) is 3.18. The Labute approximate surface area is 102 Å². The summed E-state index contributed by atoms with van der Waals surface area (Å²) in [6, 6.07) is 4.94. The molecule has 0 fully saturated rings. The smallest absolute Gasteiger partial charge is 0.303 e. The normalized spacial score (nSPS) is 10.8. The summed E-state index contributed by atoms with van der Waals surface area (Å²) in [6.45, 7) is 0. The number of nitrogens with zero attached hydrogens (tertiary/aromatic N) is 1. The molecule has 90 valence electrons. The van der Waals surface area contributed by atoms with Crippen molar-refractivity contribution in [3.8, 4) is 5.75 Å². The molecule has 0 aliphatic heterocycles. The number of nitrogens with one attached hydrogen (secondary N) is 1. The molecule has 2 rings (SSSR count). The Kier molecular flexibility index (Phi) is 3.53. The van der Waals surface area contributed by atoms with Gasteiger partial charge in [0.2, 0.25) is 0 Å². The fourth-order valence-corrected chi connectivity index (χ4v) is 2.26. The van der Waals surface area contributed by atoms with Crippen LogP contribution in [0, 0.1) is 0 Å². The van der Waals surface area contributed by atoms with Gasteiger partial charge in [-0.1, -0.05) is 11.8 Å². The van der Waals surface area contributed by atoms with E-state index in [-0.39, 0.29) is 12.2 Å². The zero-order chi connectivity index (χ0) is 12.3. The maximum atomic E-state index is 10.3. The number of phenols is 1. The topological polar surface area (TPSA) is 86.2 Å². The molecule has 1 heterocycles. The van der Waals surface area contributed by atoms with E-state index in [0.29, 0.717) is 12.2 Å². The van der Waals surface area contributed by atoms with E-state index in [1.165, 1.54) is 11.8 Å². The number of carboxylic acids is 1. The van der Waals surface area contributed by atoms with Crippen LogP contribution in [0.2, 0.25) is 0 Å². The van der Waals surface area contributed by atoms with Crippen LogP contribution in [-0.2, 0) is 4.79 Å². The molecule has 0 amide bonds. The first kappa shape index (κ1) is 11.8. The number of thioether (sulfide) groups is 1. The van der Waals surface area contributed by atoms with Crippen LogP contribution in [0.25, 0.3) is 11.0 Å². The second-order valence-electron chi connectivity index (χ2n) is 3.59. The van der Waals surface area contributed by atoms with Gasteiger partial charge in [0.25, 0.3) is 0 Å². The summed E-state index contributed by atoms with van der Waals surface area (Å²) in [6.07, 6.45) is 0.788. The van der Waals surface area contributed by atoms with E-state index >= 15 is 0 Å². The fraction of sp³-hybridized carbons (Fsp3) is 0.273. The Morgan fingerprint density at radius 1 is 1.47 bits per heavy atom. The number of aromatic hydroxyl groups is 1. The molecule has 17 heavy (non-hydrogen) atoms. The molecule has 0 radical (unpaired) electrons. The van der Waals surface area contributed by atoms with Crippen molar-refractivity contribution in [1.82, 2.24) is 9.97 Å². The number of rotatable bonds is 5. The first-order valence-corrected chi connectivity index (χ1v) is 6.17. The molecule has 0 unspecified atom stereocenters. The maximum Gasteiger partial charge on any atom is 0.303 e. The maximum absolute atomic E-state index is 10.3. The van der Waals surface area contributed by atoms with Gasteiger partial charge in [0, 0.05) is 18.2 Å². The van der Waals surface area contributed by atoms with Crippen LogP contribution in [0.3, 0.4) is 0 Å². The molecule has 0 atom stereocenters. The molecule has 0 saturated heterocycles. The predicted octanol–water partition coefficient (Wildman–Crippen LogP) is 2.23. The second kappa shape index (κ2) is 5.09. The molecular weight excluding hydrogens is 240 g/mol. The van der Waals surface area contributed by atoms with Crippen LogP contribution in [0.5, 0.6) is 5.75 Å². The molecule has 1 aromatic heterocycles. The number of hydrogen-bond donors (Lipinski definition) is 3. The molecule has 0 aliphatic rings. The van der Waals surface area contributed by atoms with E-state index in [9.17, 15) is 9.90 Å². The Morgan fingerprint density at radius 2 is 2.29 bits per heavy atom. The molecule has 1 aromatic carbocycles. The van der Waals surface area contributed by atoms with E-state index in [4.69, 9.17) is 5.11 Å². The standard InChI is InChI=1S/C11H12N2O3S/c14-7-3-4-8-9(6-7)13-11(12-8)17-5-1-2-10(15)16/h3-4,6,14H,1-2,5H2,(H,12,13)(H,15,16). The van der Waals surface area contributed by atoms with Gasteiger partial charge in [0.05, 0.1) is 11.0 Å². The lowest BCUT2D eigenvalue weighted by atomic mass is 10.3. The van der Waals surface area contributed by atoms with Gasteiger partial charge in [-0.25, -0.2) is 4.98 Å². The summed E-state index contributed by atoms with van der Waals surface area (Å²) >= 11 is 1.48. The van der Waals surface area contributed by atoms with Crippen LogP contribution >= 0.6 is 11.8 Å². The van der Waals surface area contributed by atoms with Crippen LogP contribution in [-0.4, -0.2) is 31.9 Å². The van der Waals surface area contributed by atoms with Crippen LogP contribution in [0.1, 0.15) is 12.8 Å². The Bertz CT molecular complexity index is 538. The highest BCUT2D eigenvalue weighted by atomic mass is 32.2. The van der Waals surface area contributed by atoms with Gasteiger partial charge < -0.3 is 15.2 Å². The monoisotopic (exact) mass is 252 g/mol. The average Bonchev–Trinajstić information content (AvgIpc) is 2.66. The molecule has 3 N–H and O–H groups in total. The third-order valence-electron chi connectivity index (χ3n) is 2.22. The summed E-state index contributed by atoms with van der Waals surface area (Å²) in [7, 11) is 0. The third kappa shape index (κ3) is 3.13. The van der Waals surface area contributed by atoms with Crippen LogP contribution < -0.4 is 0 Å². The highest BCUT2D eigenvalue weighted by Gasteiger charge is 2.04. The van der Waals surface area contributed by atoms with Gasteiger partial charge >= 0.3 is 5.97 Å². The van der Waals surface area contributed by atoms with Crippen molar-refractivity contribution in [2.24, 2.45) is 0 Å². The van der Waals surface area contributed by atoms with Gasteiger partial charge in [-0.15, -0.1) is 0 Å². The van der Waals surface area contributed by atoms with Crippen molar-refractivity contribution in [1.29, 1.82) is 0 Å². The summed E-state index contributed by atoms with van der Waals surface area (Å²) in [5.74, 6) is 0.127. The van der Waals surface area contributed by atoms with Crippen molar-refractivity contribution in [3.63, 3.8) is 0 Å². The Balaban J connectivity index is 1.97. The summed E-state index contributed by atoms with van der Waals surface area (Å²) < 4.78 is 0. The van der Waals surface area contributed by atoms with Crippen LogP contribution in [0.4, 0.5) is 0 Å². The van der Waals surface area contributed by atoms with Gasteiger partial charge in [0.15, 0.2) is 5.16 Å². The van der Waals surface area contributed by atoms with Gasteiger partial charge in [-0.05, 0) is 18.6 Å². The number of carboxylic acid groups (broad SMARTS) is 1. The number of aromatic nitrogens is 2. The first-order valence-electron chi connectivity index (χ1n) is 5.18. The SMILES string of the molecule is O=C(O)CCCSc1nc2ccc(O)cc2[nH]1. The quantitative estimate of drug-likeness (QED) is 0.561. The minimum atomic E-state index is -0.778. The number of carbonyl (C=O) groups is 1. The number of aromatic amines is 1. The molecule has 0 aliphatic carbocycles. The van der Waals surface area contributed by atoms with E-state index in [1.54, 1.807) is 18.2 Å². The van der Waals surface area contributed by atoms with Crippen molar-refractivity contribution in [2.75, 3.05) is 5.75 Å². The molecule has 5 nitrogen and oxygen atoms in total. The number of benzene rings is 1. The van der Waals surface area contributed by atoms with Crippen molar-refractivity contribution >= 4 is 28.8 Å². The van der Waals surface area contributed by atoms with Crippen molar-refractivity contribution < 1.29 is 15.0 Å². The summed E-state index contributed by atoms with van der Waals surface area (Å²) in [5, 5.41) is 18.5. The number of imidazole rings is 1. The van der Waals surface area contributed by atoms with Crippen molar-refractivity contribution in [3.05, 3.63) is 18.2 Å². The lowest BCUT2D eigenvalue weighted by molar-refractivity contribution is -0.137. The Hall–Kier alpha value is -1.69. The molecule has 0 saturated carbocycles. The highest BCUT2D eigenvalue weighted by Crippen LogP contribution is 2.23. The van der Waals surface area contributed by atoms with E-state index in [0.717, 1.165) is 16.2 Å². The molecule has 6 heteroatoms. The number of hydrogen-bond acceptors (Lipinski definition) is 4. The molecule has 2 aromatic rings. The lowest BCUT2D eigenvalue weighted by Crippen LogP contribution is -1.94. The van der Waals surface area contributed by atoms with E-state index in [1.807, 2.05) is 0 Å². The summed E-state index contributed by atoms with van der Waals surface area (Å²) in [4.78, 5) is 17.7. The zero-order valence-electron chi connectivity index (χ0n) is 9.01. The largest absolute Gasteiger partial charge is 0.508 e. The molecule has 0 spiro atoms. The van der Waals surface area contributed by atoms with Crippen LogP contribution in [0.15, 0.2) is 23.4 Å². The fourth-order valence-electron chi connectivity index (χ4n) is 1.43. The Morgan fingerprint density at radius 3 is 3.06 bits per heavy atom. The van der Waals surface area contributed by atoms with Gasteiger partial charge in [-0.2, -0.15) is 0 Å². The zero-order valence-corrected chi connectivity index (χ0v) is 9.83. The summed E-state index contributed by atoms with van der Waals surface area (Å²) in [5.41, 5.74) is 1.58. The second-order valence-corrected chi connectivity index (χ2v) is 4.67. The van der Waals surface area contributed by atoms with Crippen molar-refractivity contribution in [2.45, 2.75) is 18.0 Å². The minimum absolute atomic E-state index is 0.175. The highest BCUT2D eigenvalue weighted by molar-refractivity contribution is 7.99. The van der Waals surface area contributed by atoms with Gasteiger partial charge in [-0.3, -0.25) is 4.79 Å². The molecule has 0 bridgehead atoms. The number of fused-ring (bicyclic) bond motifs is 1. The number of H-pyrrole nitrogens is 1. The first-order chi connectivity index (χ1) is 8.15. The predicted molar refractivity (Wildman–Crippen MR) is 65.4 cm³/mol. The van der Waals surface area contributed by atoms with E-state index in [2.05, 4.69) is 9.97 Å². The van der Waals surface area contributed by atoms with Gasteiger partial charge in [0.1, 0.15) is 5.75 Å².